The SMILES string of the molecule is COc1ccccc1OCCn1ncc(N2CCC(CN)CC2)cc1=O.O=C(O)C(F)(F)F. The first-order chi connectivity index (χ1) is 15.7. The van der Waals surface area contributed by atoms with Gasteiger partial charge in [-0.3, -0.25) is 4.79 Å². The van der Waals surface area contributed by atoms with Gasteiger partial charge in [-0.25, -0.2) is 9.48 Å². The predicted octanol–water partition coefficient (Wildman–Crippen LogP) is 2.14. The van der Waals surface area contributed by atoms with E-state index in [9.17, 15) is 18.0 Å². The van der Waals surface area contributed by atoms with Gasteiger partial charge in [0.15, 0.2) is 11.5 Å². The summed E-state index contributed by atoms with van der Waals surface area (Å²) in [5.74, 6) is -0.842. The number of piperidine rings is 1. The highest BCUT2D eigenvalue weighted by atomic mass is 19.4. The van der Waals surface area contributed by atoms with Crippen LogP contribution in [0.25, 0.3) is 0 Å². The van der Waals surface area contributed by atoms with Gasteiger partial charge in [0.05, 0.1) is 25.5 Å². The largest absolute Gasteiger partial charge is 0.493 e. The third-order valence-corrected chi connectivity index (χ3v) is 5.04. The average Bonchev–Trinajstić information content (AvgIpc) is 2.80. The molecule has 9 nitrogen and oxygen atoms in total. The van der Waals surface area contributed by atoms with Crippen LogP contribution in [-0.4, -0.2) is 60.4 Å². The van der Waals surface area contributed by atoms with Crippen LogP contribution < -0.4 is 25.7 Å². The molecule has 3 rings (SSSR count). The molecule has 1 aliphatic rings. The van der Waals surface area contributed by atoms with Gasteiger partial charge < -0.3 is 25.2 Å². The zero-order chi connectivity index (χ0) is 24.4. The summed E-state index contributed by atoms with van der Waals surface area (Å²) in [5.41, 5.74) is 6.50. The second kappa shape index (κ2) is 12.1. The van der Waals surface area contributed by atoms with Crippen LogP contribution in [0.3, 0.4) is 0 Å². The Labute approximate surface area is 188 Å². The number of benzene rings is 1. The molecule has 1 aliphatic heterocycles. The third kappa shape index (κ3) is 7.97. The zero-order valence-corrected chi connectivity index (χ0v) is 18.1. The van der Waals surface area contributed by atoms with Crippen molar-refractivity contribution in [2.24, 2.45) is 11.7 Å². The van der Waals surface area contributed by atoms with Crippen molar-refractivity contribution in [3.05, 3.63) is 46.9 Å². The van der Waals surface area contributed by atoms with Crippen molar-refractivity contribution in [2.75, 3.05) is 38.3 Å². The molecule has 0 atom stereocenters. The van der Waals surface area contributed by atoms with Gasteiger partial charge >= 0.3 is 12.1 Å². The summed E-state index contributed by atoms with van der Waals surface area (Å²) >= 11 is 0. The lowest BCUT2D eigenvalue weighted by molar-refractivity contribution is -0.192. The molecule has 1 fully saturated rings. The fourth-order valence-corrected chi connectivity index (χ4v) is 3.17. The highest BCUT2D eigenvalue weighted by molar-refractivity contribution is 5.73. The molecule has 2 aromatic rings. The molecule has 1 saturated heterocycles. The van der Waals surface area contributed by atoms with Crippen molar-refractivity contribution >= 4 is 11.7 Å². The highest BCUT2D eigenvalue weighted by Gasteiger charge is 2.38. The first kappa shape index (κ1) is 26.0. The van der Waals surface area contributed by atoms with E-state index in [2.05, 4.69) is 10.00 Å². The maximum absolute atomic E-state index is 12.3. The molecular weight excluding hydrogens is 445 g/mol. The van der Waals surface area contributed by atoms with E-state index in [1.165, 1.54) is 4.68 Å². The number of para-hydroxylation sites is 2. The Morgan fingerprint density at radius 2 is 1.85 bits per heavy atom. The number of anilines is 1. The van der Waals surface area contributed by atoms with Crippen LogP contribution >= 0.6 is 0 Å². The van der Waals surface area contributed by atoms with Crippen LogP contribution in [-0.2, 0) is 11.3 Å². The summed E-state index contributed by atoms with van der Waals surface area (Å²) in [7, 11) is 1.60. The van der Waals surface area contributed by atoms with E-state index in [1.807, 2.05) is 24.3 Å². The number of carbonyl (C=O) groups is 1. The first-order valence-corrected chi connectivity index (χ1v) is 10.2. The number of aromatic nitrogens is 2. The lowest BCUT2D eigenvalue weighted by Gasteiger charge is -2.32. The number of hydrogen-bond donors (Lipinski definition) is 2. The highest BCUT2D eigenvalue weighted by Crippen LogP contribution is 2.25. The molecule has 0 bridgehead atoms. The summed E-state index contributed by atoms with van der Waals surface area (Å²) in [6.07, 6.45) is -1.20. The monoisotopic (exact) mass is 472 g/mol. The molecular formula is C21H27F3N4O5. The van der Waals surface area contributed by atoms with Crippen molar-refractivity contribution in [3.8, 4) is 11.5 Å². The molecule has 0 radical (unpaired) electrons. The molecule has 3 N–H and O–H groups in total. The lowest BCUT2D eigenvalue weighted by Crippen LogP contribution is -2.37. The fourth-order valence-electron chi connectivity index (χ4n) is 3.17. The maximum atomic E-state index is 12.3. The van der Waals surface area contributed by atoms with Crippen LogP contribution in [0.5, 0.6) is 11.5 Å². The number of ether oxygens (including phenoxy) is 2. The summed E-state index contributed by atoms with van der Waals surface area (Å²) in [4.78, 5) is 23.4. The van der Waals surface area contributed by atoms with Crippen molar-refractivity contribution in [3.63, 3.8) is 0 Å². The number of carboxylic acid groups (broad SMARTS) is 1. The molecule has 1 aromatic carbocycles. The molecule has 1 aromatic heterocycles. The van der Waals surface area contributed by atoms with E-state index in [4.69, 9.17) is 25.1 Å². The topological polar surface area (TPSA) is 120 Å². The quantitative estimate of drug-likeness (QED) is 0.629. The van der Waals surface area contributed by atoms with Gasteiger partial charge in [-0.15, -0.1) is 0 Å². The van der Waals surface area contributed by atoms with Crippen LogP contribution in [0.2, 0.25) is 0 Å². The summed E-state index contributed by atoms with van der Waals surface area (Å²) in [6, 6.07) is 9.09. The van der Waals surface area contributed by atoms with Gasteiger partial charge in [-0.1, -0.05) is 12.1 Å². The van der Waals surface area contributed by atoms with E-state index in [0.717, 1.165) is 38.2 Å². The van der Waals surface area contributed by atoms with Crippen LogP contribution in [0.1, 0.15) is 12.8 Å². The van der Waals surface area contributed by atoms with Crippen molar-refractivity contribution in [2.45, 2.75) is 25.6 Å². The van der Waals surface area contributed by atoms with Crippen LogP contribution in [0.4, 0.5) is 18.9 Å². The molecule has 182 valence electrons. The summed E-state index contributed by atoms with van der Waals surface area (Å²) in [5, 5.41) is 11.4. The number of halogens is 3. The third-order valence-electron chi connectivity index (χ3n) is 5.04. The number of rotatable bonds is 7. The van der Waals surface area contributed by atoms with Crippen molar-refractivity contribution in [1.29, 1.82) is 0 Å². The maximum Gasteiger partial charge on any atom is 0.490 e. The van der Waals surface area contributed by atoms with E-state index >= 15 is 0 Å². The standard InChI is InChI=1S/C19H26N4O3.C2HF3O2/c1-25-17-4-2-3-5-18(17)26-11-10-23-19(24)12-16(14-21-23)22-8-6-15(13-20)7-9-22;3-2(4,5)1(6)7/h2-5,12,14-15H,6-11,13,20H2,1H3;(H,6,7). The molecule has 2 heterocycles. The number of alkyl halides is 3. The minimum atomic E-state index is -5.08. The van der Waals surface area contributed by atoms with E-state index in [0.29, 0.717) is 30.6 Å². The van der Waals surface area contributed by atoms with Crippen LogP contribution in [0, 0.1) is 5.92 Å². The van der Waals surface area contributed by atoms with Gasteiger partial charge in [-0.2, -0.15) is 18.3 Å². The predicted molar refractivity (Wildman–Crippen MR) is 115 cm³/mol. The number of nitrogens with zero attached hydrogens (tertiary/aromatic N) is 3. The lowest BCUT2D eigenvalue weighted by atomic mass is 9.97. The van der Waals surface area contributed by atoms with E-state index in [1.54, 1.807) is 19.4 Å². The van der Waals surface area contributed by atoms with Gasteiger partial charge in [0.1, 0.15) is 6.61 Å². The van der Waals surface area contributed by atoms with Crippen molar-refractivity contribution in [1.82, 2.24) is 9.78 Å². The number of carboxylic acids is 1. The molecule has 33 heavy (non-hydrogen) atoms. The Kier molecular flexibility index (Phi) is 9.52. The molecule has 0 aliphatic carbocycles. The second-order valence-electron chi connectivity index (χ2n) is 7.24. The second-order valence-corrected chi connectivity index (χ2v) is 7.24. The molecule has 12 heteroatoms. The van der Waals surface area contributed by atoms with E-state index in [-0.39, 0.29) is 5.56 Å². The van der Waals surface area contributed by atoms with Gasteiger partial charge in [-0.05, 0) is 37.4 Å². The fraction of sp³-hybridized carbons (Fsp3) is 0.476. The van der Waals surface area contributed by atoms with E-state index < -0.39 is 12.1 Å². The Balaban J connectivity index is 0.000000479. The smallest absolute Gasteiger partial charge is 0.490 e. The van der Waals surface area contributed by atoms with Gasteiger partial charge in [0.25, 0.3) is 5.56 Å². The number of hydrogen-bond acceptors (Lipinski definition) is 7. The number of nitrogens with two attached hydrogens (primary N) is 1. The first-order valence-electron chi connectivity index (χ1n) is 10.2. The van der Waals surface area contributed by atoms with Gasteiger partial charge in [0.2, 0.25) is 0 Å². The minimum absolute atomic E-state index is 0.118. The molecule has 0 unspecified atom stereocenters. The summed E-state index contributed by atoms with van der Waals surface area (Å²) < 4.78 is 44.1. The zero-order valence-electron chi connectivity index (χ0n) is 18.1. The van der Waals surface area contributed by atoms with Gasteiger partial charge in [0, 0.05) is 19.2 Å². The number of aliphatic carboxylic acids is 1. The average molecular weight is 472 g/mol. The Morgan fingerprint density at radius 3 is 2.36 bits per heavy atom. The summed E-state index contributed by atoms with van der Waals surface area (Å²) in [6.45, 7) is 3.30. The minimum Gasteiger partial charge on any atom is -0.493 e. The Hall–Kier alpha value is -3.28. The molecule has 0 amide bonds. The Morgan fingerprint density at radius 1 is 1.24 bits per heavy atom. The number of methoxy groups -OCH3 is 1. The molecule has 0 spiro atoms. The molecule has 0 saturated carbocycles. The Bertz CT molecular complexity index is 959. The van der Waals surface area contributed by atoms with Crippen molar-refractivity contribution < 1.29 is 32.5 Å². The van der Waals surface area contributed by atoms with Crippen LogP contribution in [0.15, 0.2) is 41.3 Å². The normalized spacial score (nSPS) is 14.3.